The van der Waals surface area contributed by atoms with Crippen molar-refractivity contribution in [1.29, 1.82) is 0 Å². The molecule has 1 aliphatic rings. The van der Waals surface area contributed by atoms with Crippen molar-refractivity contribution < 1.29 is 4.79 Å². The molecule has 2 rings (SSSR count). The number of thiazole rings is 1. The number of hydrogen-bond acceptors (Lipinski definition) is 3. The van der Waals surface area contributed by atoms with Gasteiger partial charge in [0.25, 0.3) is 0 Å². The molecule has 0 aliphatic heterocycles. The normalized spacial score (nSPS) is 27.9. The number of nitrogens with zero attached hydrogens (tertiary/aromatic N) is 1. The minimum Gasteiger partial charge on any atom is -0.300 e. The summed E-state index contributed by atoms with van der Waals surface area (Å²) in [5.74, 6) is 1.47. The molecule has 3 heteroatoms. The standard InChI is InChI=1S/C11H15NOS/c1-2-8-3-4-9(13)5-10(8)11-6-14-7-12-11/h6-8,10H,2-5H2,1H3. The zero-order valence-electron chi connectivity index (χ0n) is 8.40. The fourth-order valence-electron chi connectivity index (χ4n) is 2.30. The lowest BCUT2D eigenvalue weighted by Crippen LogP contribution is -2.23. The van der Waals surface area contributed by atoms with Crippen LogP contribution in [-0.4, -0.2) is 10.8 Å². The Morgan fingerprint density at radius 2 is 2.50 bits per heavy atom. The van der Waals surface area contributed by atoms with Crippen LogP contribution in [-0.2, 0) is 4.79 Å². The van der Waals surface area contributed by atoms with Crippen LogP contribution in [0.15, 0.2) is 10.9 Å². The van der Waals surface area contributed by atoms with Gasteiger partial charge in [-0.1, -0.05) is 13.3 Å². The van der Waals surface area contributed by atoms with E-state index in [-0.39, 0.29) is 0 Å². The molecule has 2 atom stereocenters. The first kappa shape index (κ1) is 9.84. The molecule has 2 nitrogen and oxygen atoms in total. The lowest BCUT2D eigenvalue weighted by Gasteiger charge is -2.28. The lowest BCUT2D eigenvalue weighted by molar-refractivity contribution is -0.121. The van der Waals surface area contributed by atoms with Crippen LogP contribution >= 0.6 is 11.3 Å². The number of carbonyl (C=O) groups excluding carboxylic acids is 1. The van der Waals surface area contributed by atoms with Gasteiger partial charge in [-0.15, -0.1) is 11.3 Å². The lowest BCUT2D eigenvalue weighted by atomic mass is 9.76. The SMILES string of the molecule is CCC1CCC(=O)CC1c1cscn1. The summed E-state index contributed by atoms with van der Waals surface area (Å²) in [5.41, 5.74) is 3.00. The Bertz CT molecular complexity index is 307. The van der Waals surface area contributed by atoms with Gasteiger partial charge >= 0.3 is 0 Å². The molecule has 0 saturated heterocycles. The fourth-order valence-corrected chi connectivity index (χ4v) is 2.92. The Morgan fingerprint density at radius 3 is 3.14 bits per heavy atom. The van der Waals surface area contributed by atoms with E-state index in [9.17, 15) is 4.79 Å². The second-order valence-corrected chi connectivity index (χ2v) is 4.69. The molecule has 1 aliphatic carbocycles. The molecular weight excluding hydrogens is 194 g/mol. The first-order valence-electron chi connectivity index (χ1n) is 5.21. The van der Waals surface area contributed by atoms with E-state index >= 15 is 0 Å². The van der Waals surface area contributed by atoms with E-state index in [1.165, 1.54) is 0 Å². The Hall–Kier alpha value is -0.700. The van der Waals surface area contributed by atoms with E-state index in [0.717, 1.165) is 25.0 Å². The van der Waals surface area contributed by atoms with Gasteiger partial charge in [-0.3, -0.25) is 4.79 Å². The zero-order valence-corrected chi connectivity index (χ0v) is 9.22. The predicted molar refractivity (Wildman–Crippen MR) is 57.5 cm³/mol. The third-order valence-electron chi connectivity index (χ3n) is 3.17. The number of carbonyl (C=O) groups is 1. The molecule has 1 fully saturated rings. The summed E-state index contributed by atoms with van der Waals surface area (Å²) in [4.78, 5) is 15.7. The number of ketones is 1. The van der Waals surface area contributed by atoms with E-state index < -0.39 is 0 Å². The smallest absolute Gasteiger partial charge is 0.133 e. The molecular formula is C11H15NOS. The maximum absolute atomic E-state index is 11.4. The summed E-state index contributed by atoms with van der Waals surface area (Å²) in [5, 5.41) is 2.09. The van der Waals surface area contributed by atoms with Crippen molar-refractivity contribution in [1.82, 2.24) is 4.98 Å². The van der Waals surface area contributed by atoms with Crippen molar-refractivity contribution in [2.45, 2.75) is 38.5 Å². The van der Waals surface area contributed by atoms with E-state index in [4.69, 9.17) is 0 Å². The summed E-state index contributed by atoms with van der Waals surface area (Å²) >= 11 is 1.62. The van der Waals surface area contributed by atoms with E-state index in [1.54, 1.807) is 11.3 Å². The maximum Gasteiger partial charge on any atom is 0.133 e. The number of hydrogen-bond donors (Lipinski definition) is 0. The Labute approximate surface area is 88.4 Å². The van der Waals surface area contributed by atoms with Crippen molar-refractivity contribution in [2.24, 2.45) is 5.92 Å². The van der Waals surface area contributed by atoms with E-state index in [0.29, 0.717) is 24.0 Å². The largest absolute Gasteiger partial charge is 0.300 e. The topological polar surface area (TPSA) is 30.0 Å². The Kier molecular flexibility index (Phi) is 2.96. The van der Waals surface area contributed by atoms with Crippen LogP contribution in [0.1, 0.15) is 44.2 Å². The van der Waals surface area contributed by atoms with Crippen molar-refractivity contribution in [3.63, 3.8) is 0 Å². The molecule has 1 aromatic rings. The summed E-state index contributed by atoms with van der Waals surface area (Å²) in [6, 6.07) is 0. The van der Waals surface area contributed by atoms with Gasteiger partial charge in [-0.2, -0.15) is 0 Å². The molecule has 0 amide bonds. The summed E-state index contributed by atoms with van der Waals surface area (Å²) in [7, 11) is 0. The molecule has 76 valence electrons. The highest BCUT2D eigenvalue weighted by Crippen LogP contribution is 2.37. The van der Waals surface area contributed by atoms with Gasteiger partial charge in [0.05, 0.1) is 11.2 Å². The first-order valence-corrected chi connectivity index (χ1v) is 6.15. The third-order valence-corrected chi connectivity index (χ3v) is 3.77. The van der Waals surface area contributed by atoms with Crippen LogP contribution in [0.3, 0.4) is 0 Å². The monoisotopic (exact) mass is 209 g/mol. The van der Waals surface area contributed by atoms with Gasteiger partial charge in [-0.05, 0) is 12.3 Å². The molecule has 1 aromatic heterocycles. The fraction of sp³-hybridized carbons (Fsp3) is 0.636. The highest BCUT2D eigenvalue weighted by Gasteiger charge is 2.30. The highest BCUT2D eigenvalue weighted by molar-refractivity contribution is 7.07. The van der Waals surface area contributed by atoms with Crippen molar-refractivity contribution in [3.8, 4) is 0 Å². The third kappa shape index (κ3) is 1.87. The van der Waals surface area contributed by atoms with Gasteiger partial charge in [-0.25, -0.2) is 4.98 Å². The molecule has 1 heterocycles. The second kappa shape index (κ2) is 4.22. The van der Waals surface area contributed by atoms with Gasteiger partial charge in [0.15, 0.2) is 0 Å². The average molecular weight is 209 g/mol. The van der Waals surface area contributed by atoms with Gasteiger partial charge < -0.3 is 0 Å². The van der Waals surface area contributed by atoms with Crippen LogP contribution in [0.4, 0.5) is 0 Å². The quantitative estimate of drug-likeness (QED) is 0.749. The van der Waals surface area contributed by atoms with Crippen LogP contribution in [0.2, 0.25) is 0 Å². The molecule has 14 heavy (non-hydrogen) atoms. The summed E-state index contributed by atoms with van der Waals surface area (Å²) in [6.07, 6.45) is 3.70. The van der Waals surface area contributed by atoms with Gasteiger partial charge in [0, 0.05) is 24.1 Å². The molecule has 0 bridgehead atoms. The van der Waals surface area contributed by atoms with Gasteiger partial charge in [0.2, 0.25) is 0 Å². The predicted octanol–water partition coefficient (Wildman–Crippen LogP) is 3.01. The molecule has 0 N–H and O–H groups in total. The van der Waals surface area contributed by atoms with Gasteiger partial charge in [0.1, 0.15) is 5.78 Å². The van der Waals surface area contributed by atoms with Crippen LogP contribution in [0.5, 0.6) is 0 Å². The Balaban J connectivity index is 2.17. The average Bonchev–Trinajstić information content (AvgIpc) is 2.70. The minimum absolute atomic E-state index is 0.396. The van der Waals surface area contributed by atoms with Crippen molar-refractivity contribution >= 4 is 17.1 Å². The highest BCUT2D eigenvalue weighted by atomic mass is 32.1. The zero-order chi connectivity index (χ0) is 9.97. The molecule has 0 radical (unpaired) electrons. The molecule has 2 unspecified atom stereocenters. The number of Topliss-reactive ketones (excluding diaryl/α,β-unsaturated/α-hetero) is 1. The Morgan fingerprint density at radius 1 is 1.64 bits per heavy atom. The minimum atomic E-state index is 0.396. The second-order valence-electron chi connectivity index (χ2n) is 3.97. The van der Waals surface area contributed by atoms with Crippen LogP contribution in [0.25, 0.3) is 0 Å². The van der Waals surface area contributed by atoms with Crippen molar-refractivity contribution in [2.75, 3.05) is 0 Å². The van der Waals surface area contributed by atoms with Crippen LogP contribution in [0, 0.1) is 5.92 Å². The van der Waals surface area contributed by atoms with Crippen molar-refractivity contribution in [3.05, 3.63) is 16.6 Å². The van der Waals surface area contributed by atoms with E-state index in [2.05, 4.69) is 17.3 Å². The molecule has 0 aromatic carbocycles. The maximum atomic E-state index is 11.4. The molecule has 1 saturated carbocycles. The number of rotatable bonds is 2. The first-order chi connectivity index (χ1) is 6.81. The molecule has 0 spiro atoms. The van der Waals surface area contributed by atoms with Crippen LogP contribution < -0.4 is 0 Å². The summed E-state index contributed by atoms with van der Waals surface area (Å²) in [6.45, 7) is 2.21. The summed E-state index contributed by atoms with van der Waals surface area (Å²) < 4.78 is 0. The number of aromatic nitrogens is 1. The van der Waals surface area contributed by atoms with E-state index in [1.807, 2.05) is 5.51 Å².